The normalized spacial score (nSPS) is 14.1. The number of carbonyl (C=O) groups excluding carboxylic acids is 1. The minimum Gasteiger partial charge on any atom is -0.298 e. The van der Waals surface area contributed by atoms with Gasteiger partial charge in [-0.15, -0.1) is 0 Å². The van der Waals surface area contributed by atoms with Gasteiger partial charge in [-0.25, -0.2) is 13.1 Å². The number of ketones is 1. The number of carbonyl (C=O) groups is 1. The molecule has 0 aliphatic heterocycles. The Morgan fingerprint density at radius 1 is 1.46 bits per heavy atom. The molecule has 0 aromatic carbocycles. The van der Waals surface area contributed by atoms with Crippen molar-refractivity contribution in [3.05, 3.63) is 0 Å². The van der Waals surface area contributed by atoms with Crippen LogP contribution < -0.4 is 4.72 Å². The first-order valence-electron chi connectivity index (χ1n) is 4.39. The van der Waals surface area contributed by atoms with Crippen molar-refractivity contribution in [2.24, 2.45) is 0 Å². The Morgan fingerprint density at radius 3 is 2.38 bits per heavy atom. The van der Waals surface area contributed by atoms with Gasteiger partial charge in [0.15, 0.2) is 0 Å². The van der Waals surface area contributed by atoms with Crippen LogP contribution in [0.3, 0.4) is 0 Å². The van der Waals surface area contributed by atoms with Crippen LogP contribution in [0.1, 0.15) is 33.6 Å². The van der Waals surface area contributed by atoms with Crippen LogP contribution in [0.25, 0.3) is 0 Å². The molecular weight excluding hydrogens is 190 g/mol. The van der Waals surface area contributed by atoms with E-state index in [0.717, 1.165) is 6.42 Å². The SMILES string of the molecule is CCCCS(=O)(=O)NC(C)C(C)=O. The van der Waals surface area contributed by atoms with Crippen molar-refractivity contribution in [2.45, 2.75) is 39.7 Å². The number of rotatable bonds is 6. The summed E-state index contributed by atoms with van der Waals surface area (Å²) < 4.78 is 24.8. The van der Waals surface area contributed by atoms with Crippen LogP contribution in [0.15, 0.2) is 0 Å². The zero-order chi connectivity index (χ0) is 10.5. The highest BCUT2D eigenvalue weighted by Gasteiger charge is 2.16. The molecule has 0 fully saturated rings. The lowest BCUT2D eigenvalue weighted by atomic mass is 10.3. The molecule has 0 spiro atoms. The quantitative estimate of drug-likeness (QED) is 0.696. The fourth-order valence-electron chi connectivity index (χ4n) is 0.746. The standard InChI is InChI=1S/C8H17NO3S/c1-4-5-6-13(11,12)9-7(2)8(3)10/h7,9H,4-6H2,1-3H3. The van der Waals surface area contributed by atoms with Crippen LogP contribution in [0.2, 0.25) is 0 Å². The van der Waals surface area contributed by atoms with Gasteiger partial charge in [0.05, 0.1) is 11.8 Å². The van der Waals surface area contributed by atoms with E-state index in [9.17, 15) is 13.2 Å². The van der Waals surface area contributed by atoms with E-state index in [1.165, 1.54) is 6.92 Å². The molecule has 78 valence electrons. The smallest absolute Gasteiger partial charge is 0.212 e. The van der Waals surface area contributed by atoms with E-state index >= 15 is 0 Å². The Morgan fingerprint density at radius 2 is 2.00 bits per heavy atom. The summed E-state index contributed by atoms with van der Waals surface area (Å²) >= 11 is 0. The topological polar surface area (TPSA) is 63.2 Å². The van der Waals surface area contributed by atoms with Gasteiger partial charge in [-0.3, -0.25) is 4.79 Å². The van der Waals surface area contributed by atoms with E-state index in [-0.39, 0.29) is 11.5 Å². The lowest BCUT2D eigenvalue weighted by molar-refractivity contribution is -0.118. The van der Waals surface area contributed by atoms with Gasteiger partial charge >= 0.3 is 0 Å². The third-order valence-electron chi connectivity index (χ3n) is 1.73. The average Bonchev–Trinajstić information content (AvgIpc) is 2.00. The molecule has 0 heterocycles. The monoisotopic (exact) mass is 207 g/mol. The number of hydrogen-bond donors (Lipinski definition) is 1. The molecular formula is C8H17NO3S. The molecule has 1 N–H and O–H groups in total. The molecule has 5 heteroatoms. The summed E-state index contributed by atoms with van der Waals surface area (Å²) in [5, 5.41) is 0. The third-order valence-corrected chi connectivity index (χ3v) is 3.27. The van der Waals surface area contributed by atoms with Crippen LogP contribution in [-0.2, 0) is 14.8 Å². The van der Waals surface area contributed by atoms with E-state index in [2.05, 4.69) is 4.72 Å². The van der Waals surface area contributed by atoms with E-state index < -0.39 is 16.1 Å². The molecule has 0 aromatic rings. The average molecular weight is 207 g/mol. The molecule has 4 nitrogen and oxygen atoms in total. The highest BCUT2D eigenvalue weighted by Crippen LogP contribution is 1.96. The first-order chi connectivity index (χ1) is 5.89. The summed E-state index contributed by atoms with van der Waals surface area (Å²) in [4.78, 5) is 10.8. The maximum atomic E-state index is 11.2. The van der Waals surface area contributed by atoms with E-state index in [0.29, 0.717) is 6.42 Å². The van der Waals surface area contributed by atoms with Crippen molar-refractivity contribution in [1.29, 1.82) is 0 Å². The van der Waals surface area contributed by atoms with Crippen LogP contribution in [0, 0.1) is 0 Å². The largest absolute Gasteiger partial charge is 0.298 e. The molecule has 0 aliphatic rings. The molecule has 13 heavy (non-hydrogen) atoms. The second-order valence-corrected chi connectivity index (χ2v) is 5.00. The Kier molecular flexibility index (Phi) is 5.17. The molecule has 0 rings (SSSR count). The fraction of sp³-hybridized carbons (Fsp3) is 0.875. The zero-order valence-corrected chi connectivity index (χ0v) is 9.15. The molecule has 0 amide bonds. The Bertz CT molecular complexity index is 259. The number of unbranched alkanes of at least 4 members (excludes halogenated alkanes) is 1. The number of nitrogens with one attached hydrogen (secondary N) is 1. The lowest BCUT2D eigenvalue weighted by Crippen LogP contribution is -2.38. The fourth-order valence-corrected chi connectivity index (χ4v) is 2.24. The molecule has 0 bridgehead atoms. The summed E-state index contributed by atoms with van der Waals surface area (Å²) in [6, 6.07) is -0.609. The summed E-state index contributed by atoms with van der Waals surface area (Å²) in [5.41, 5.74) is 0. The maximum Gasteiger partial charge on any atom is 0.212 e. The minimum atomic E-state index is -3.26. The van der Waals surface area contributed by atoms with Gasteiger partial charge in [0.25, 0.3) is 0 Å². The predicted octanol–water partition coefficient (Wildman–Crippen LogP) is 0.683. The van der Waals surface area contributed by atoms with Crippen LogP contribution in [-0.4, -0.2) is 26.0 Å². The minimum absolute atomic E-state index is 0.0983. The molecule has 0 aromatic heterocycles. The van der Waals surface area contributed by atoms with Gasteiger partial charge in [0.2, 0.25) is 10.0 Å². The molecule has 0 saturated heterocycles. The van der Waals surface area contributed by atoms with Crippen molar-refractivity contribution < 1.29 is 13.2 Å². The summed E-state index contributed by atoms with van der Waals surface area (Å²) in [5.74, 6) is -0.0683. The van der Waals surface area contributed by atoms with Gasteiger partial charge in [-0.05, 0) is 20.3 Å². The van der Waals surface area contributed by atoms with Gasteiger partial charge in [0.1, 0.15) is 5.78 Å². The summed E-state index contributed by atoms with van der Waals surface area (Å²) in [6.45, 7) is 4.84. The number of sulfonamides is 1. The van der Waals surface area contributed by atoms with Gasteiger partial charge in [-0.1, -0.05) is 13.3 Å². The maximum absolute atomic E-state index is 11.2. The second-order valence-electron chi connectivity index (χ2n) is 3.12. The molecule has 1 unspecified atom stereocenters. The highest BCUT2D eigenvalue weighted by molar-refractivity contribution is 7.89. The molecule has 0 aliphatic carbocycles. The Hall–Kier alpha value is -0.420. The second kappa shape index (κ2) is 5.34. The first-order valence-corrected chi connectivity index (χ1v) is 6.04. The predicted molar refractivity (Wildman–Crippen MR) is 52.0 cm³/mol. The molecule has 0 saturated carbocycles. The van der Waals surface area contributed by atoms with Crippen LogP contribution in [0.5, 0.6) is 0 Å². The summed E-state index contributed by atoms with van der Waals surface area (Å²) in [6.07, 6.45) is 1.45. The van der Waals surface area contributed by atoms with Crippen molar-refractivity contribution in [3.63, 3.8) is 0 Å². The van der Waals surface area contributed by atoms with Crippen LogP contribution >= 0.6 is 0 Å². The van der Waals surface area contributed by atoms with Gasteiger partial charge < -0.3 is 0 Å². The van der Waals surface area contributed by atoms with Gasteiger partial charge in [-0.2, -0.15) is 0 Å². The van der Waals surface area contributed by atoms with Gasteiger partial charge in [0, 0.05) is 0 Å². The number of Topliss-reactive ketones (excluding diaryl/α,β-unsaturated/α-hetero) is 1. The first kappa shape index (κ1) is 12.6. The highest BCUT2D eigenvalue weighted by atomic mass is 32.2. The summed E-state index contributed by atoms with van der Waals surface area (Å²) in [7, 11) is -3.26. The van der Waals surface area contributed by atoms with E-state index in [1.807, 2.05) is 6.92 Å². The van der Waals surface area contributed by atoms with Crippen molar-refractivity contribution in [2.75, 3.05) is 5.75 Å². The zero-order valence-electron chi connectivity index (χ0n) is 8.33. The number of hydrogen-bond acceptors (Lipinski definition) is 3. The Labute approximate surface area is 79.8 Å². The van der Waals surface area contributed by atoms with Crippen LogP contribution in [0.4, 0.5) is 0 Å². The molecule has 1 atom stereocenters. The van der Waals surface area contributed by atoms with Crippen molar-refractivity contribution in [1.82, 2.24) is 4.72 Å². The Balaban J connectivity index is 4.10. The van der Waals surface area contributed by atoms with E-state index in [1.54, 1.807) is 6.92 Å². The van der Waals surface area contributed by atoms with E-state index in [4.69, 9.17) is 0 Å². The molecule has 0 radical (unpaired) electrons. The lowest BCUT2D eigenvalue weighted by Gasteiger charge is -2.10. The third kappa shape index (κ3) is 5.76. The van der Waals surface area contributed by atoms with Crippen molar-refractivity contribution >= 4 is 15.8 Å². The van der Waals surface area contributed by atoms with Crippen molar-refractivity contribution in [3.8, 4) is 0 Å².